The van der Waals surface area contributed by atoms with Gasteiger partial charge in [0.2, 0.25) is 5.91 Å². The van der Waals surface area contributed by atoms with Crippen molar-refractivity contribution < 1.29 is 15.7 Å². The normalized spacial score (nSPS) is 29.2. The number of H-pyrrole nitrogens is 1. The number of aryl methyl sites for hydroxylation is 1. The summed E-state index contributed by atoms with van der Waals surface area (Å²) in [5.41, 5.74) is 0. The second-order valence-electron chi connectivity index (χ2n) is 9.54. The Labute approximate surface area is 192 Å². The van der Waals surface area contributed by atoms with Crippen LogP contribution in [0.1, 0.15) is 53.1 Å². The smallest absolute Gasteiger partial charge is 0.323 e. The second-order valence-corrected chi connectivity index (χ2v) is 9.54. The number of tetrazole rings is 1. The average Bonchev–Trinajstić information content (AvgIpc) is 3.31. The summed E-state index contributed by atoms with van der Waals surface area (Å²) < 4.78 is 14.2. The fourth-order valence-electron chi connectivity index (χ4n) is 5.02. The molecule has 10 nitrogen and oxygen atoms in total. The lowest BCUT2D eigenvalue weighted by molar-refractivity contribution is -0.149. The van der Waals surface area contributed by atoms with Gasteiger partial charge in [-0.15, -0.1) is 10.2 Å². The average molecular weight is 451 g/mol. The van der Waals surface area contributed by atoms with E-state index in [1.54, 1.807) is 19.0 Å². The molecule has 2 fully saturated rings. The number of nitrogens with zero attached hydrogens (tertiary/aromatic N) is 4. The zero-order valence-electron chi connectivity index (χ0n) is 20.8. The fourth-order valence-corrected chi connectivity index (χ4v) is 5.02. The Bertz CT molecular complexity index is 778. The van der Waals surface area contributed by atoms with Gasteiger partial charge in [-0.2, -0.15) is 5.21 Å². The van der Waals surface area contributed by atoms with Crippen molar-refractivity contribution in [3.05, 3.63) is 5.82 Å². The Kier molecular flexibility index (Phi) is 8.44. The molecule has 1 aromatic rings. The van der Waals surface area contributed by atoms with Gasteiger partial charge in [0, 0.05) is 13.5 Å². The van der Waals surface area contributed by atoms with Crippen LogP contribution in [-0.2, 0) is 20.7 Å². The summed E-state index contributed by atoms with van der Waals surface area (Å²) >= 11 is 0. The van der Waals surface area contributed by atoms with E-state index in [1.165, 1.54) is 0 Å². The Morgan fingerprint density at radius 2 is 2.12 bits per heavy atom. The van der Waals surface area contributed by atoms with Crippen molar-refractivity contribution >= 4 is 11.9 Å². The van der Waals surface area contributed by atoms with Crippen molar-refractivity contribution in [1.29, 1.82) is 0 Å². The number of hydrogen-bond donors (Lipinski definition) is 3. The van der Waals surface area contributed by atoms with Gasteiger partial charge in [0.25, 0.3) is 0 Å². The third-order valence-electron chi connectivity index (χ3n) is 6.98. The number of ether oxygens (including phenoxy) is 1. The third kappa shape index (κ3) is 6.48. The maximum absolute atomic E-state index is 12.8. The van der Waals surface area contributed by atoms with Gasteiger partial charge in [0.05, 0.1) is 14.0 Å². The predicted molar refractivity (Wildman–Crippen MR) is 120 cm³/mol. The molecule has 5 atom stereocenters. The lowest BCUT2D eigenvalue weighted by atomic mass is 9.69. The van der Waals surface area contributed by atoms with E-state index < -0.39 is 12.0 Å². The summed E-state index contributed by atoms with van der Waals surface area (Å²) in [5.74, 6) is 1.68. The molecule has 3 N–H and O–H groups in total. The molecule has 1 saturated heterocycles. The number of carbonyl (C=O) groups excluding carboxylic acids is 2. The van der Waals surface area contributed by atoms with Gasteiger partial charge in [0.1, 0.15) is 12.6 Å². The molecule has 0 unspecified atom stereocenters. The number of carbonyl (C=O) groups is 2. The molecule has 2 aliphatic rings. The molecule has 0 radical (unpaired) electrons. The van der Waals surface area contributed by atoms with Crippen LogP contribution in [0.25, 0.3) is 0 Å². The molecule has 0 aromatic carbocycles. The Morgan fingerprint density at radius 1 is 1.31 bits per heavy atom. The summed E-state index contributed by atoms with van der Waals surface area (Å²) in [7, 11) is 3.48. The van der Waals surface area contributed by atoms with Crippen molar-refractivity contribution in [2.45, 2.75) is 64.4 Å². The van der Waals surface area contributed by atoms with Crippen LogP contribution in [0.15, 0.2) is 0 Å². The van der Waals surface area contributed by atoms with Crippen molar-refractivity contribution in [3.63, 3.8) is 0 Å². The van der Waals surface area contributed by atoms with Crippen LogP contribution in [-0.4, -0.2) is 83.3 Å². The van der Waals surface area contributed by atoms with Crippen LogP contribution in [0.5, 0.6) is 0 Å². The summed E-state index contributed by atoms with van der Waals surface area (Å²) in [6, 6.07) is -1.70. The van der Waals surface area contributed by atoms with E-state index in [0.29, 0.717) is 37.3 Å². The summed E-state index contributed by atoms with van der Waals surface area (Å²) in [6.45, 7) is 5.02. The number of rotatable bonds is 10. The molecule has 32 heavy (non-hydrogen) atoms. The number of esters is 1. The molecule has 10 heteroatoms. The lowest BCUT2D eigenvalue weighted by Crippen LogP contribution is -2.50. The Morgan fingerprint density at radius 3 is 2.81 bits per heavy atom. The number of aromatic amines is 1. The molecule has 0 spiro atoms. The van der Waals surface area contributed by atoms with E-state index in [-0.39, 0.29) is 24.5 Å². The molecule has 1 aliphatic carbocycles. The predicted octanol–water partition coefficient (Wildman–Crippen LogP) is 0.772. The molecule has 1 aliphatic heterocycles. The van der Waals surface area contributed by atoms with E-state index in [2.05, 4.69) is 31.3 Å². The third-order valence-corrected chi connectivity index (χ3v) is 6.98. The first kappa shape index (κ1) is 23.1. The van der Waals surface area contributed by atoms with Crippen LogP contribution < -0.4 is 10.6 Å². The van der Waals surface area contributed by atoms with Gasteiger partial charge >= 0.3 is 5.97 Å². The fraction of sp³-hybridized carbons (Fsp3) is 0.864. The van der Waals surface area contributed by atoms with E-state index in [4.69, 9.17) is 6.11 Å². The molecule has 2 heterocycles. The van der Waals surface area contributed by atoms with Crippen molar-refractivity contribution in [1.82, 2.24) is 36.2 Å². The molecule has 0 bridgehead atoms. The zero-order chi connectivity index (χ0) is 24.0. The summed E-state index contributed by atoms with van der Waals surface area (Å²) in [5, 5.41) is 20.3. The first-order valence-electron chi connectivity index (χ1n) is 12.3. The SMILES string of the molecule is [2H][C@@]1(C(=O)OCCN(C)C(=O)[C@@H](NC)C(C)C)C[C@H]2C[C@@H](CCc3nn[nH]n3)CC[C@H]2CN1. The minimum absolute atomic E-state index is 0.0307. The highest BCUT2D eigenvalue weighted by atomic mass is 16.5. The molecule has 180 valence electrons. The number of piperidine rings is 1. The zero-order valence-corrected chi connectivity index (χ0v) is 19.8. The van der Waals surface area contributed by atoms with E-state index >= 15 is 0 Å². The number of amides is 1. The molecule has 1 saturated carbocycles. The van der Waals surface area contributed by atoms with Crippen molar-refractivity contribution in [2.24, 2.45) is 23.7 Å². The monoisotopic (exact) mass is 450 g/mol. The van der Waals surface area contributed by atoms with E-state index in [0.717, 1.165) is 37.9 Å². The van der Waals surface area contributed by atoms with Gasteiger partial charge in [-0.25, -0.2) is 0 Å². The topological polar surface area (TPSA) is 125 Å². The maximum Gasteiger partial charge on any atom is 0.323 e. The minimum Gasteiger partial charge on any atom is -0.463 e. The van der Waals surface area contributed by atoms with Crippen LogP contribution in [0.4, 0.5) is 0 Å². The van der Waals surface area contributed by atoms with Crippen LogP contribution in [0, 0.1) is 23.7 Å². The quantitative estimate of drug-likeness (QED) is 0.447. The highest BCUT2D eigenvalue weighted by Crippen LogP contribution is 2.40. The molecule has 3 rings (SSSR count). The highest BCUT2D eigenvalue weighted by Gasteiger charge is 2.38. The Balaban J connectivity index is 1.46. The molecule has 1 aromatic heterocycles. The summed E-state index contributed by atoms with van der Waals surface area (Å²) in [4.78, 5) is 26.9. The van der Waals surface area contributed by atoms with E-state index in [9.17, 15) is 9.59 Å². The van der Waals surface area contributed by atoms with Gasteiger partial charge < -0.3 is 20.3 Å². The van der Waals surface area contributed by atoms with Crippen LogP contribution >= 0.6 is 0 Å². The molecular formula is C22H39N7O3. The lowest BCUT2D eigenvalue weighted by Gasteiger charge is -2.42. The van der Waals surface area contributed by atoms with Crippen molar-refractivity contribution in [3.8, 4) is 0 Å². The van der Waals surface area contributed by atoms with E-state index in [1.807, 2.05) is 13.8 Å². The van der Waals surface area contributed by atoms with Crippen molar-refractivity contribution in [2.75, 3.05) is 33.8 Å². The maximum atomic E-state index is 12.8. The number of likely N-dealkylation sites (N-methyl/N-ethyl adjacent to an activating group) is 2. The Hall–Kier alpha value is -2.07. The highest BCUT2D eigenvalue weighted by molar-refractivity contribution is 5.82. The molecule has 1 amide bonds. The first-order chi connectivity index (χ1) is 15.7. The second kappa shape index (κ2) is 11.7. The van der Waals surface area contributed by atoms with Gasteiger partial charge in [0.15, 0.2) is 5.82 Å². The number of aromatic nitrogens is 4. The molecular weight excluding hydrogens is 410 g/mol. The number of hydrogen-bond acceptors (Lipinski definition) is 8. The largest absolute Gasteiger partial charge is 0.463 e. The van der Waals surface area contributed by atoms with Gasteiger partial charge in [-0.05, 0) is 62.9 Å². The number of nitrogens with one attached hydrogen (secondary N) is 3. The standard InChI is InChI=1S/C22H39N7O3/c1-14(2)20(23-3)21(30)29(4)9-10-32-22(31)18-12-17-11-15(5-7-16(17)13-24-18)6-8-19-25-27-28-26-19/h14-18,20,23-24H,5-13H2,1-4H3,(H,25,26,27,28)/t15-,16+,17-,18+,20+/m1/s1/i18D. The first-order valence-corrected chi connectivity index (χ1v) is 11.8. The van der Waals surface area contributed by atoms with Crippen LogP contribution in [0.2, 0.25) is 0 Å². The van der Waals surface area contributed by atoms with Gasteiger partial charge in [-0.1, -0.05) is 25.5 Å². The minimum atomic E-state index is -1.43. The summed E-state index contributed by atoms with van der Waals surface area (Å²) in [6.07, 6.45) is 5.52. The number of fused-ring (bicyclic) bond motifs is 1. The van der Waals surface area contributed by atoms with Crippen LogP contribution in [0.3, 0.4) is 0 Å². The van der Waals surface area contributed by atoms with Gasteiger partial charge in [-0.3, -0.25) is 9.59 Å².